The van der Waals surface area contributed by atoms with E-state index in [0.29, 0.717) is 5.56 Å². The smallest absolute Gasteiger partial charge is 0.345 e. The minimum Gasteiger partial charge on any atom is -0.430 e. The maximum absolute atomic E-state index is 12.2. The molecule has 2 heterocycles. The van der Waals surface area contributed by atoms with Crippen LogP contribution in [0.25, 0.3) is 33.5 Å². The molecule has 2 aliphatic rings. The lowest BCUT2D eigenvalue weighted by Crippen LogP contribution is -2.01. The first-order chi connectivity index (χ1) is 10.8. The predicted molar refractivity (Wildman–Crippen MR) is 86.8 cm³/mol. The third-order valence-electron chi connectivity index (χ3n) is 3.81. The number of fused-ring (bicyclic) bond motifs is 1. The van der Waals surface area contributed by atoms with Gasteiger partial charge in [-0.1, -0.05) is 60.7 Å². The molecule has 0 radical (unpaired) electrons. The zero-order valence-corrected chi connectivity index (χ0v) is 11.7. The summed E-state index contributed by atoms with van der Waals surface area (Å²) in [6, 6.07) is 19.7. The number of rotatable bonds is 2. The van der Waals surface area contributed by atoms with Gasteiger partial charge in [0.15, 0.2) is 0 Å². The molecule has 22 heavy (non-hydrogen) atoms. The first-order valence-corrected chi connectivity index (χ1v) is 7.08. The maximum Gasteiger partial charge on any atom is 0.345 e. The molecule has 2 aromatic carbocycles. The van der Waals surface area contributed by atoms with Crippen molar-refractivity contribution in [2.45, 2.75) is 0 Å². The van der Waals surface area contributed by atoms with Crippen LogP contribution in [-0.4, -0.2) is 4.98 Å². The fraction of sp³-hybridized carbons (Fsp3) is 0. The molecule has 0 bridgehead atoms. The lowest BCUT2D eigenvalue weighted by Gasteiger charge is -2.11. The Morgan fingerprint density at radius 1 is 0.773 bits per heavy atom. The summed E-state index contributed by atoms with van der Waals surface area (Å²) in [5.41, 5.74) is 4.86. The normalized spacial score (nSPS) is 10.9. The molecule has 0 saturated heterocycles. The third-order valence-corrected chi connectivity index (χ3v) is 3.81. The number of hydrogen-bond acceptors (Lipinski definition) is 2. The molecule has 0 unspecified atom stereocenters. The highest BCUT2D eigenvalue weighted by atomic mass is 16.4. The number of hydrogen-bond donors (Lipinski definition) is 1. The summed E-state index contributed by atoms with van der Waals surface area (Å²) in [5.74, 6) is 0. The second-order valence-corrected chi connectivity index (χ2v) is 5.12. The van der Waals surface area contributed by atoms with E-state index in [1.165, 1.54) is 0 Å². The van der Waals surface area contributed by atoms with E-state index in [-0.39, 0.29) is 5.63 Å². The molecule has 0 spiro atoms. The van der Waals surface area contributed by atoms with Crippen LogP contribution < -0.4 is 5.63 Å². The molecule has 3 heteroatoms. The molecular formula is C19H13NO2. The highest BCUT2D eigenvalue weighted by Crippen LogP contribution is 2.36. The quantitative estimate of drug-likeness (QED) is 0.593. The average Bonchev–Trinajstić information content (AvgIpc) is 2.98. The molecule has 2 aliphatic heterocycles. The number of pyridine rings is 1. The molecule has 3 nitrogen and oxygen atoms in total. The van der Waals surface area contributed by atoms with Crippen LogP contribution in [-0.2, 0) is 0 Å². The highest BCUT2D eigenvalue weighted by Gasteiger charge is 2.21. The molecule has 1 N–H and O–H groups in total. The first kappa shape index (κ1) is 12.7. The van der Waals surface area contributed by atoms with E-state index >= 15 is 0 Å². The number of furan rings is 1. The summed E-state index contributed by atoms with van der Waals surface area (Å²) in [5, 5.41) is 0. The molecule has 4 rings (SSSR count). The van der Waals surface area contributed by atoms with Gasteiger partial charge in [0.2, 0.25) is 0 Å². The Labute approximate surface area is 127 Å². The van der Waals surface area contributed by atoms with Gasteiger partial charge in [0, 0.05) is 17.3 Å². The molecule has 0 atom stereocenters. The second-order valence-electron chi connectivity index (χ2n) is 5.12. The van der Waals surface area contributed by atoms with Crippen molar-refractivity contribution >= 4 is 0 Å². The van der Waals surface area contributed by atoms with Crippen molar-refractivity contribution in [1.82, 2.24) is 4.98 Å². The molecule has 0 aliphatic carbocycles. The highest BCUT2D eigenvalue weighted by molar-refractivity contribution is 5.90. The van der Waals surface area contributed by atoms with E-state index in [2.05, 4.69) is 4.98 Å². The number of aromatic nitrogens is 1. The molecule has 0 aromatic heterocycles. The molecular weight excluding hydrogens is 274 g/mol. The van der Waals surface area contributed by atoms with Gasteiger partial charge in [-0.15, -0.1) is 0 Å². The van der Waals surface area contributed by atoms with Gasteiger partial charge >= 0.3 is 5.63 Å². The number of benzene rings is 2. The zero-order valence-electron chi connectivity index (χ0n) is 11.7. The zero-order chi connectivity index (χ0) is 14.9. The van der Waals surface area contributed by atoms with Crippen molar-refractivity contribution in [3.05, 3.63) is 83.5 Å². The van der Waals surface area contributed by atoms with Crippen molar-refractivity contribution in [2.24, 2.45) is 0 Å². The van der Waals surface area contributed by atoms with Gasteiger partial charge < -0.3 is 9.40 Å². The summed E-state index contributed by atoms with van der Waals surface area (Å²) in [7, 11) is 0. The van der Waals surface area contributed by atoms with Crippen molar-refractivity contribution < 1.29 is 4.42 Å². The van der Waals surface area contributed by atoms with Crippen LogP contribution in [0.2, 0.25) is 0 Å². The molecule has 106 valence electrons. The van der Waals surface area contributed by atoms with Crippen molar-refractivity contribution in [1.29, 1.82) is 0 Å². The van der Waals surface area contributed by atoms with E-state index in [4.69, 9.17) is 4.42 Å². The fourth-order valence-electron chi connectivity index (χ4n) is 2.76. The largest absolute Gasteiger partial charge is 0.430 e. The van der Waals surface area contributed by atoms with Gasteiger partial charge in [-0.25, -0.2) is 4.79 Å². The van der Waals surface area contributed by atoms with Crippen LogP contribution >= 0.6 is 0 Å². The topological polar surface area (TPSA) is 46.0 Å². The summed E-state index contributed by atoms with van der Waals surface area (Å²) in [4.78, 5) is 15.4. The summed E-state index contributed by atoms with van der Waals surface area (Å²) in [6.07, 6.45) is 3.47. The minimum atomic E-state index is -0.317. The van der Waals surface area contributed by atoms with E-state index in [9.17, 15) is 4.79 Å². The van der Waals surface area contributed by atoms with Crippen molar-refractivity contribution in [3.8, 4) is 33.5 Å². The Bertz CT molecular complexity index is 936. The van der Waals surface area contributed by atoms with Crippen LogP contribution in [0, 0.1) is 0 Å². The van der Waals surface area contributed by atoms with Gasteiger partial charge in [-0.3, -0.25) is 0 Å². The van der Waals surface area contributed by atoms with Crippen LogP contribution in [0.5, 0.6) is 0 Å². The second kappa shape index (κ2) is 5.04. The van der Waals surface area contributed by atoms with Gasteiger partial charge in [-0.05, 0) is 11.1 Å². The Kier molecular flexibility index (Phi) is 2.90. The van der Waals surface area contributed by atoms with Gasteiger partial charge in [0.25, 0.3) is 0 Å². The van der Waals surface area contributed by atoms with Crippen LogP contribution in [0.3, 0.4) is 0 Å². The standard InChI is InChI=1S/C19H13NO2/c21-19-17-16(12-22-19)15(13-7-3-1-4-8-13)11-20-18(17)14-9-5-2-6-10-14/h1-12,20H. The Hall–Kier alpha value is -3.07. The molecule has 0 fully saturated rings. The minimum absolute atomic E-state index is 0.317. The van der Waals surface area contributed by atoms with Gasteiger partial charge in [0.05, 0.1) is 11.3 Å². The number of H-pyrrole nitrogens is 1. The molecule has 0 saturated carbocycles. The fourth-order valence-corrected chi connectivity index (χ4v) is 2.76. The predicted octanol–water partition coefficient (Wildman–Crippen LogP) is 4.41. The average molecular weight is 287 g/mol. The lowest BCUT2D eigenvalue weighted by molar-refractivity contribution is 0.533. The van der Waals surface area contributed by atoms with Gasteiger partial charge in [-0.2, -0.15) is 0 Å². The number of nitrogens with one attached hydrogen (secondary N) is 1. The van der Waals surface area contributed by atoms with Gasteiger partial charge in [0.1, 0.15) is 6.26 Å². The first-order valence-electron chi connectivity index (χ1n) is 7.08. The van der Waals surface area contributed by atoms with Crippen LogP contribution in [0.1, 0.15) is 0 Å². The van der Waals surface area contributed by atoms with Crippen molar-refractivity contribution in [2.75, 3.05) is 0 Å². The van der Waals surface area contributed by atoms with E-state index in [1.807, 2.05) is 66.9 Å². The Morgan fingerprint density at radius 2 is 1.41 bits per heavy atom. The summed E-state index contributed by atoms with van der Waals surface area (Å²) >= 11 is 0. The summed E-state index contributed by atoms with van der Waals surface area (Å²) in [6.45, 7) is 0. The van der Waals surface area contributed by atoms with E-state index in [0.717, 1.165) is 27.9 Å². The number of aromatic amines is 1. The third kappa shape index (κ3) is 1.95. The molecule has 0 amide bonds. The maximum atomic E-state index is 12.2. The lowest BCUT2D eigenvalue weighted by atomic mass is 9.95. The molecule has 2 aromatic rings. The van der Waals surface area contributed by atoms with E-state index in [1.54, 1.807) is 6.26 Å². The Balaban J connectivity index is 1.99. The SMILES string of the molecule is O=c1occ2c(-c3ccccc3)c[nH]c(-c3ccccc3)c1-2. The van der Waals surface area contributed by atoms with E-state index < -0.39 is 0 Å². The monoisotopic (exact) mass is 287 g/mol. The van der Waals surface area contributed by atoms with Crippen molar-refractivity contribution in [3.63, 3.8) is 0 Å². The Morgan fingerprint density at radius 3 is 2.09 bits per heavy atom. The van der Waals surface area contributed by atoms with Crippen LogP contribution in [0.4, 0.5) is 0 Å². The summed E-state index contributed by atoms with van der Waals surface area (Å²) < 4.78 is 5.16. The van der Waals surface area contributed by atoms with Crippen LogP contribution in [0.15, 0.2) is 82.3 Å².